The molecule has 0 aliphatic carbocycles. The van der Waals surface area contributed by atoms with E-state index >= 15 is 0 Å². The largest absolute Gasteiger partial charge is 0.356 e. The highest BCUT2D eigenvalue weighted by molar-refractivity contribution is 5.86. The van der Waals surface area contributed by atoms with Gasteiger partial charge < -0.3 is 15.5 Å². The third kappa shape index (κ3) is 5.25. The number of piperidine rings is 1. The fourth-order valence-corrected chi connectivity index (χ4v) is 2.93. The highest BCUT2D eigenvalue weighted by Gasteiger charge is 2.21. The molecule has 0 aromatic heterocycles. The highest BCUT2D eigenvalue weighted by Crippen LogP contribution is 2.21. The fourth-order valence-electron chi connectivity index (χ4n) is 2.93. The molecule has 0 radical (unpaired) electrons. The third-order valence-electron chi connectivity index (χ3n) is 4.59. The van der Waals surface area contributed by atoms with Crippen LogP contribution in [0.5, 0.6) is 0 Å². The second-order valence-electron chi connectivity index (χ2n) is 6.97. The predicted octanol–water partition coefficient (Wildman–Crippen LogP) is 2.14. The van der Waals surface area contributed by atoms with Gasteiger partial charge in [0.1, 0.15) is 0 Å². The van der Waals surface area contributed by atoms with Crippen molar-refractivity contribution in [2.45, 2.75) is 38.5 Å². The van der Waals surface area contributed by atoms with Gasteiger partial charge in [-0.05, 0) is 24.8 Å². The summed E-state index contributed by atoms with van der Waals surface area (Å²) < 4.78 is 0. The van der Waals surface area contributed by atoms with Gasteiger partial charge in [-0.15, -0.1) is 0 Å². The van der Waals surface area contributed by atoms with Crippen LogP contribution in [0.15, 0.2) is 35.3 Å². The van der Waals surface area contributed by atoms with Gasteiger partial charge in [0.25, 0.3) is 0 Å². The molecule has 1 fully saturated rings. The second-order valence-corrected chi connectivity index (χ2v) is 6.97. The van der Waals surface area contributed by atoms with E-state index in [2.05, 4.69) is 53.7 Å². The molecule has 2 N–H and O–H groups in total. The lowest BCUT2D eigenvalue weighted by molar-refractivity contribution is -0.130. The molecule has 5 nitrogen and oxygen atoms in total. The maximum Gasteiger partial charge on any atom is 0.241 e. The lowest BCUT2D eigenvalue weighted by Crippen LogP contribution is -2.48. The van der Waals surface area contributed by atoms with E-state index in [0.29, 0.717) is 12.5 Å². The number of nitrogens with zero attached hydrogens (tertiary/aromatic N) is 2. The van der Waals surface area contributed by atoms with Crippen molar-refractivity contribution >= 4 is 11.9 Å². The number of carbonyl (C=O) groups excluding carboxylic acids is 1. The average Bonchev–Trinajstić information content (AvgIpc) is 2.63. The molecule has 1 aromatic rings. The van der Waals surface area contributed by atoms with Gasteiger partial charge in [0.05, 0.1) is 6.54 Å². The van der Waals surface area contributed by atoms with E-state index in [0.717, 1.165) is 32.5 Å². The Kier molecular flexibility index (Phi) is 6.64. The molecule has 1 aromatic carbocycles. The Labute approximate surface area is 145 Å². The maximum absolute atomic E-state index is 12.2. The molecule has 1 saturated heterocycles. The van der Waals surface area contributed by atoms with Gasteiger partial charge in [-0.3, -0.25) is 9.79 Å². The number of nitrogens with one attached hydrogen (secondary N) is 2. The number of hydrogen-bond acceptors (Lipinski definition) is 2. The number of benzene rings is 1. The number of rotatable bonds is 5. The maximum atomic E-state index is 12.2. The molecule has 0 saturated carbocycles. The first-order valence-corrected chi connectivity index (χ1v) is 8.81. The summed E-state index contributed by atoms with van der Waals surface area (Å²) in [4.78, 5) is 18.4. The first-order valence-electron chi connectivity index (χ1n) is 8.81. The van der Waals surface area contributed by atoms with E-state index in [1.807, 2.05) is 11.0 Å². The topological polar surface area (TPSA) is 56.7 Å². The Morgan fingerprint density at radius 2 is 1.79 bits per heavy atom. The first-order chi connectivity index (χ1) is 11.5. The zero-order chi connectivity index (χ0) is 17.4. The minimum atomic E-state index is -0.0181. The summed E-state index contributed by atoms with van der Waals surface area (Å²) in [6.07, 6.45) is 3.46. The van der Waals surface area contributed by atoms with Gasteiger partial charge in [0.2, 0.25) is 5.91 Å². The van der Waals surface area contributed by atoms with Gasteiger partial charge in [-0.1, -0.05) is 44.2 Å². The molecule has 0 atom stereocenters. The minimum absolute atomic E-state index is 0.0181. The van der Waals surface area contributed by atoms with Gasteiger partial charge in [0, 0.05) is 32.1 Å². The smallest absolute Gasteiger partial charge is 0.241 e. The van der Waals surface area contributed by atoms with E-state index in [-0.39, 0.29) is 11.3 Å². The van der Waals surface area contributed by atoms with Crippen LogP contribution in [0.3, 0.4) is 0 Å². The molecular weight excluding hydrogens is 300 g/mol. The number of hydrogen-bond donors (Lipinski definition) is 2. The molecule has 5 heteroatoms. The van der Waals surface area contributed by atoms with E-state index in [4.69, 9.17) is 0 Å². The zero-order valence-corrected chi connectivity index (χ0v) is 15.1. The molecule has 132 valence electrons. The second kappa shape index (κ2) is 8.71. The van der Waals surface area contributed by atoms with Crippen molar-refractivity contribution in [3.8, 4) is 0 Å². The van der Waals surface area contributed by atoms with Gasteiger partial charge in [0.15, 0.2) is 5.96 Å². The lowest BCUT2D eigenvalue weighted by atomic mass is 9.85. The fraction of sp³-hybridized carbons (Fsp3) is 0.579. The summed E-state index contributed by atoms with van der Waals surface area (Å²) in [5.74, 6) is 0.823. The van der Waals surface area contributed by atoms with Crippen LogP contribution in [-0.4, -0.2) is 50.0 Å². The van der Waals surface area contributed by atoms with Crippen LogP contribution < -0.4 is 10.6 Å². The summed E-state index contributed by atoms with van der Waals surface area (Å²) in [5.41, 5.74) is 1.26. The average molecular weight is 330 g/mol. The Hall–Kier alpha value is -2.04. The Morgan fingerprint density at radius 3 is 2.42 bits per heavy atom. The quantitative estimate of drug-likeness (QED) is 0.642. The van der Waals surface area contributed by atoms with Crippen LogP contribution in [0.1, 0.15) is 38.7 Å². The van der Waals surface area contributed by atoms with Crippen molar-refractivity contribution in [2.24, 2.45) is 4.99 Å². The standard InChI is InChI=1S/C19H30N4O/c1-19(2,16-10-6-4-7-11-16)15-22-18(20-3)21-14-17(24)23-12-8-5-9-13-23/h4,6-7,10-11H,5,8-9,12-15H2,1-3H3,(H2,20,21,22). The molecule has 1 aliphatic heterocycles. The van der Waals surface area contributed by atoms with Gasteiger partial charge in [-0.2, -0.15) is 0 Å². The third-order valence-corrected chi connectivity index (χ3v) is 4.59. The van der Waals surface area contributed by atoms with Crippen LogP contribution in [-0.2, 0) is 10.2 Å². The van der Waals surface area contributed by atoms with Crippen LogP contribution in [0.4, 0.5) is 0 Å². The highest BCUT2D eigenvalue weighted by atomic mass is 16.2. The molecule has 2 rings (SSSR count). The SMILES string of the molecule is CN=C(NCC(=O)N1CCCCC1)NCC(C)(C)c1ccccc1. The Bertz CT molecular complexity index is 548. The summed E-state index contributed by atoms with van der Waals surface area (Å²) in [7, 11) is 1.73. The molecule has 1 aliphatic rings. The Morgan fingerprint density at radius 1 is 1.12 bits per heavy atom. The van der Waals surface area contributed by atoms with Crippen molar-refractivity contribution < 1.29 is 4.79 Å². The van der Waals surface area contributed by atoms with E-state index < -0.39 is 0 Å². The number of likely N-dealkylation sites (tertiary alicyclic amines) is 1. The van der Waals surface area contributed by atoms with Crippen LogP contribution in [0.2, 0.25) is 0 Å². The first kappa shape index (κ1) is 18.3. The van der Waals surface area contributed by atoms with Crippen molar-refractivity contribution in [2.75, 3.05) is 33.2 Å². The normalized spacial score (nSPS) is 16.0. The van der Waals surface area contributed by atoms with Gasteiger partial charge in [-0.25, -0.2) is 0 Å². The molecule has 0 spiro atoms. The number of carbonyl (C=O) groups is 1. The van der Waals surface area contributed by atoms with E-state index in [9.17, 15) is 4.79 Å². The van der Waals surface area contributed by atoms with Gasteiger partial charge >= 0.3 is 0 Å². The van der Waals surface area contributed by atoms with E-state index in [1.165, 1.54) is 12.0 Å². The summed E-state index contributed by atoms with van der Waals surface area (Å²) in [5, 5.41) is 6.47. The van der Waals surface area contributed by atoms with E-state index in [1.54, 1.807) is 7.05 Å². The zero-order valence-electron chi connectivity index (χ0n) is 15.1. The molecule has 24 heavy (non-hydrogen) atoms. The van der Waals surface area contributed by atoms with Crippen molar-refractivity contribution in [3.05, 3.63) is 35.9 Å². The number of guanidine groups is 1. The van der Waals surface area contributed by atoms with Crippen molar-refractivity contribution in [3.63, 3.8) is 0 Å². The van der Waals surface area contributed by atoms with Crippen molar-refractivity contribution in [1.29, 1.82) is 0 Å². The molecule has 1 heterocycles. The minimum Gasteiger partial charge on any atom is -0.356 e. The molecule has 1 amide bonds. The van der Waals surface area contributed by atoms with Crippen LogP contribution in [0, 0.1) is 0 Å². The van der Waals surface area contributed by atoms with Crippen molar-refractivity contribution in [1.82, 2.24) is 15.5 Å². The summed E-state index contributed by atoms with van der Waals surface area (Å²) >= 11 is 0. The molecule has 0 unspecified atom stereocenters. The van der Waals surface area contributed by atoms with Crippen LogP contribution in [0.25, 0.3) is 0 Å². The monoisotopic (exact) mass is 330 g/mol. The lowest BCUT2D eigenvalue weighted by Gasteiger charge is -2.28. The summed E-state index contributed by atoms with van der Waals surface area (Å²) in [6.45, 7) is 7.20. The van der Waals surface area contributed by atoms with Crippen LogP contribution >= 0.6 is 0 Å². The number of aliphatic imine (C=N–C) groups is 1. The number of amides is 1. The molecule has 0 bridgehead atoms. The Balaban J connectivity index is 1.81. The summed E-state index contributed by atoms with van der Waals surface area (Å²) in [6, 6.07) is 10.4. The molecular formula is C19H30N4O. The predicted molar refractivity (Wildman–Crippen MR) is 99.3 cm³/mol.